The molecule has 2 aromatic carbocycles. The quantitative estimate of drug-likeness (QED) is 0.845. The zero-order valence-corrected chi connectivity index (χ0v) is 15.0. The van der Waals surface area contributed by atoms with Crippen molar-refractivity contribution in [3.05, 3.63) is 59.7 Å². The molecule has 6 nitrogen and oxygen atoms in total. The van der Waals surface area contributed by atoms with Gasteiger partial charge in [-0.25, -0.2) is 0 Å². The second kappa shape index (κ2) is 7.91. The van der Waals surface area contributed by atoms with Crippen molar-refractivity contribution in [3.8, 4) is 11.5 Å². The molecule has 1 aliphatic heterocycles. The number of carbonyl (C=O) groups is 2. The maximum atomic E-state index is 12.8. The normalized spacial score (nSPS) is 14.1. The van der Waals surface area contributed by atoms with Crippen LogP contribution < -0.4 is 9.47 Å². The van der Waals surface area contributed by atoms with E-state index in [0.29, 0.717) is 48.8 Å². The van der Waals surface area contributed by atoms with Crippen LogP contribution in [0.5, 0.6) is 11.5 Å². The molecular formula is C20H22N2O4. The van der Waals surface area contributed by atoms with Crippen molar-refractivity contribution >= 4 is 11.8 Å². The second-order valence-corrected chi connectivity index (χ2v) is 6.05. The predicted octanol–water partition coefficient (Wildman–Crippen LogP) is 2.30. The lowest BCUT2D eigenvalue weighted by molar-refractivity contribution is 0.0535. The summed E-state index contributed by atoms with van der Waals surface area (Å²) in [6.07, 6.45) is 0. The van der Waals surface area contributed by atoms with Gasteiger partial charge < -0.3 is 19.3 Å². The van der Waals surface area contributed by atoms with E-state index >= 15 is 0 Å². The zero-order valence-electron chi connectivity index (χ0n) is 15.0. The van der Waals surface area contributed by atoms with Crippen molar-refractivity contribution < 1.29 is 19.1 Å². The Hall–Kier alpha value is -3.02. The molecule has 0 aromatic heterocycles. The molecule has 2 amide bonds. The summed E-state index contributed by atoms with van der Waals surface area (Å²) in [6.45, 7) is 2.02. The van der Waals surface area contributed by atoms with Crippen LogP contribution in [0.4, 0.5) is 0 Å². The number of methoxy groups -OCH3 is 2. The van der Waals surface area contributed by atoms with E-state index in [1.807, 2.05) is 30.3 Å². The lowest BCUT2D eigenvalue weighted by Crippen LogP contribution is -2.50. The highest BCUT2D eigenvalue weighted by molar-refractivity contribution is 5.96. The van der Waals surface area contributed by atoms with Gasteiger partial charge in [0.15, 0.2) is 0 Å². The van der Waals surface area contributed by atoms with E-state index in [2.05, 4.69) is 0 Å². The van der Waals surface area contributed by atoms with Gasteiger partial charge in [-0.1, -0.05) is 18.2 Å². The van der Waals surface area contributed by atoms with E-state index in [1.165, 1.54) is 0 Å². The molecule has 0 bridgehead atoms. The Morgan fingerprint density at radius 1 is 0.731 bits per heavy atom. The topological polar surface area (TPSA) is 59.1 Å². The predicted molar refractivity (Wildman–Crippen MR) is 97.8 cm³/mol. The number of amides is 2. The number of carbonyl (C=O) groups excluding carboxylic acids is 2. The van der Waals surface area contributed by atoms with E-state index in [9.17, 15) is 9.59 Å². The van der Waals surface area contributed by atoms with Crippen LogP contribution >= 0.6 is 0 Å². The first-order valence-electron chi connectivity index (χ1n) is 8.49. The lowest BCUT2D eigenvalue weighted by atomic mass is 10.1. The Kier molecular flexibility index (Phi) is 5.41. The molecule has 0 N–H and O–H groups in total. The van der Waals surface area contributed by atoms with E-state index in [-0.39, 0.29) is 11.8 Å². The Bertz CT molecular complexity index is 761. The summed E-state index contributed by atoms with van der Waals surface area (Å²) in [7, 11) is 3.11. The Labute approximate surface area is 152 Å². The van der Waals surface area contributed by atoms with Gasteiger partial charge in [0.2, 0.25) is 0 Å². The van der Waals surface area contributed by atoms with Gasteiger partial charge in [0.05, 0.1) is 14.2 Å². The van der Waals surface area contributed by atoms with Gasteiger partial charge in [0, 0.05) is 43.4 Å². The van der Waals surface area contributed by atoms with Crippen molar-refractivity contribution in [1.82, 2.24) is 9.80 Å². The van der Waals surface area contributed by atoms with Crippen LogP contribution in [0.2, 0.25) is 0 Å². The van der Waals surface area contributed by atoms with Crippen molar-refractivity contribution in [2.45, 2.75) is 0 Å². The standard InChI is InChI=1S/C20H22N2O4/c1-25-17-12-16(13-18(14-17)26-2)20(24)22-10-8-21(9-11-22)19(23)15-6-4-3-5-7-15/h3-7,12-14H,8-11H2,1-2H3. The van der Waals surface area contributed by atoms with Gasteiger partial charge in [0.1, 0.15) is 11.5 Å². The summed E-state index contributed by atoms with van der Waals surface area (Å²) in [5, 5.41) is 0. The summed E-state index contributed by atoms with van der Waals surface area (Å²) in [5.74, 6) is 1.06. The minimum atomic E-state index is -0.0889. The van der Waals surface area contributed by atoms with Crippen molar-refractivity contribution in [1.29, 1.82) is 0 Å². The Balaban J connectivity index is 1.66. The first kappa shape index (κ1) is 17.8. The molecule has 0 saturated carbocycles. The fourth-order valence-corrected chi connectivity index (χ4v) is 2.99. The molecule has 1 saturated heterocycles. The van der Waals surface area contributed by atoms with Crippen LogP contribution in [0.25, 0.3) is 0 Å². The molecule has 136 valence electrons. The van der Waals surface area contributed by atoms with Gasteiger partial charge in [0.25, 0.3) is 11.8 Å². The fraction of sp³-hybridized carbons (Fsp3) is 0.300. The van der Waals surface area contributed by atoms with Crippen LogP contribution in [0.15, 0.2) is 48.5 Å². The monoisotopic (exact) mass is 354 g/mol. The molecule has 0 aliphatic carbocycles. The average molecular weight is 354 g/mol. The second-order valence-electron chi connectivity index (χ2n) is 6.05. The molecule has 0 radical (unpaired) electrons. The molecule has 1 aliphatic rings. The number of benzene rings is 2. The highest BCUT2D eigenvalue weighted by Gasteiger charge is 2.26. The first-order chi connectivity index (χ1) is 12.6. The van der Waals surface area contributed by atoms with Crippen molar-refractivity contribution in [2.24, 2.45) is 0 Å². The highest BCUT2D eigenvalue weighted by Crippen LogP contribution is 2.24. The van der Waals surface area contributed by atoms with E-state index in [1.54, 1.807) is 42.2 Å². The number of piperazine rings is 1. The SMILES string of the molecule is COc1cc(OC)cc(C(=O)N2CCN(C(=O)c3ccccc3)CC2)c1. The van der Waals surface area contributed by atoms with Gasteiger partial charge in [-0.15, -0.1) is 0 Å². The molecule has 0 unspecified atom stereocenters. The molecule has 2 aromatic rings. The largest absolute Gasteiger partial charge is 0.497 e. The summed E-state index contributed by atoms with van der Waals surface area (Å²) in [4.78, 5) is 28.8. The summed E-state index contributed by atoms with van der Waals surface area (Å²) in [6, 6.07) is 14.3. The number of hydrogen-bond acceptors (Lipinski definition) is 4. The third-order valence-corrected chi connectivity index (χ3v) is 4.47. The molecular weight excluding hydrogens is 332 g/mol. The highest BCUT2D eigenvalue weighted by atomic mass is 16.5. The third-order valence-electron chi connectivity index (χ3n) is 4.47. The maximum Gasteiger partial charge on any atom is 0.254 e. The summed E-state index contributed by atoms with van der Waals surface area (Å²) in [5.41, 5.74) is 1.19. The molecule has 6 heteroatoms. The van der Waals surface area contributed by atoms with Crippen molar-refractivity contribution in [3.63, 3.8) is 0 Å². The molecule has 0 spiro atoms. The minimum Gasteiger partial charge on any atom is -0.497 e. The fourth-order valence-electron chi connectivity index (χ4n) is 2.99. The van der Waals surface area contributed by atoms with Crippen LogP contribution in [0.3, 0.4) is 0 Å². The number of nitrogens with zero attached hydrogens (tertiary/aromatic N) is 2. The zero-order chi connectivity index (χ0) is 18.5. The van der Waals surface area contributed by atoms with Crippen molar-refractivity contribution in [2.75, 3.05) is 40.4 Å². The van der Waals surface area contributed by atoms with Gasteiger partial charge in [-0.3, -0.25) is 9.59 Å². The molecule has 1 heterocycles. The average Bonchev–Trinajstić information content (AvgIpc) is 2.73. The van der Waals surface area contributed by atoms with E-state index in [0.717, 1.165) is 0 Å². The first-order valence-corrected chi connectivity index (χ1v) is 8.49. The summed E-state index contributed by atoms with van der Waals surface area (Å²) < 4.78 is 10.5. The number of rotatable bonds is 4. The smallest absolute Gasteiger partial charge is 0.254 e. The molecule has 3 rings (SSSR count). The van der Waals surface area contributed by atoms with Crippen LogP contribution in [0.1, 0.15) is 20.7 Å². The van der Waals surface area contributed by atoms with Gasteiger partial charge in [-0.05, 0) is 24.3 Å². The maximum absolute atomic E-state index is 12.8. The molecule has 1 fully saturated rings. The van der Waals surface area contributed by atoms with Crippen LogP contribution in [-0.2, 0) is 0 Å². The van der Waals surface area contributed by atoms with Crippen LogP contribution in [-0.4, -0.2) is 62.0 Å². The van der Waals surface area contributed by atoms with Crippen LogP contribution in [0, 0.1) is 0 Å². The van der Waals surface area contributed by atoms with E-state index < -0.39 is 0 Å². The van der Waals surface area contributed by atoms with Gasteiger partial charge >= 0.3 is 0 Å². The van der Waals surface area contributed by atoms with Gasteiger partial charge in [-0.2, -0.15) is 0 Å². The molecule has 26 heavy (non-hydrogen) atoms. The lowest BCUT2D eigenvalue weighted by Gasteiger charge is -2.35. The third kappa shape index (κ3) is 3.79. The number of hydrogen-bond donors (Lipinski definition) is 0. The minimum absolute atomic E-state index is 0.000693. The Morgan fingerprint density at radius 2 is 1.19 bits per heavy atom. The number of ether oxygens (including phenoxy) is 2. The molecule has 0 atom stereocenters. The van der Waals surface area contributed by atoms with E-state index in [4.69, 9.17) is 9.47 Å². The summed E-state index contributed by atoms with van der Waals surface area (Å²) >= 11 is 0. The Morgan fingerprint density at radius 3 is 1.65 bits per heavy atom.